The topological polar surface area (TPSA) is 120 Å². The summed E-state index contributed by atoms with van der Waals surface area (Å²) in [5.74, 6) is 0.476. The first kappa shape index (κ1) is 15.7. The lowest BCUT2D eigenvalue weighted by Gasteiger charge is -2.06. The molecule has 0 aromatic rings. The molecule has 5 N–H and O–H groups in total. The lowest BCUT2D eigenvalue weighted by Crippen LogP contribution is -2.03. The highest BCUT2D eigenvalue weighted by atomic mass is 32.1. The van der Waals surface area contributed by atoms with Crippen LogP contribution in [-0.2, 0) is 8.83 Å². The number of hydrogen-bond acceptors (Lipinski definition) is 8. The van der Waals surface area contributed by atoms with E-state index in [-0.39, 0.29) is 6.61 Å². The van der Waals surface area contributed by atoms with Gasteiger partial charge in [0.1, 0.15) is 6.61 Å². The molecule has 0 aliphatic heterocycles. The minimum absolute atomic E-state index is 0.201. The Labute approximate surface area is 93.7 Å². The Hall–Kier alpha value is 0.670. The fourth-order valence-electron chi connectivity index (χ4n) is 0.507. The third-order valence-electron chi connectivity index (χ3n) is 1.14. The van der Waals surface area contributed by atoms with E-state index in [0.717, 1.165) is 5.57 Å². The minimum Gasteiger partial charge on any atom is -0.175 e. The smallest absolute Gasteiger partial charge is 0.175 e. The van der Waals surface area contributed by atoms with Gasteiger partial charge < -0.3 is 0 Å². The van der Waals surface area contributed by atoms with E-state index < -0.39 is 16.3 Å². The van der Waals surface area contributed by atoms with E-state index in [1.54, 1.807) is 6.92 Å². The zero-order valence-electron chi connectivity index (χ0n) is 7.89. The quantitative estimate of drug-likeness (QED) is 0.234. The molecule has 90 valence electrons. The van der Waals surface area contributed by atoms with E-state index in [2.05, 4.69) is 21.5 Å². The van der Waals surface area contributed by atoms with E-state index in [1.807, 2.05) is 0 Å². The molecule has 10 heteroatoms. The molecule has 0 atom stereocenters. The third kappa shape index (κ3) is 9.59. The Balaban J connectivity index is 4.05. The molecule has 0 aromatic heterocycles. The molecule has 0 aliphatic carbocycles. The maximum Gasteiger partial charge on any atom is 0.620 e. The predicted molar refractivity (Wildman–Crippen MR) is 59.6 cm³/mol. The van der Waals surface area contributed by atoms with Crippen molar-refractivity contribution in [1.29, 1.82) is 0 Å². The monoisotopic (exact) mass is 280 g/mol. The average Bonchev–Trinajstić information content (AvgIpc) is 1.98. The molecular weight excluding hydrogens is 266 g/mol. The van der Waals surface area contributed by atoms with E-state index >= 15 is 0 Å². The normalized spacial score (nSPS) is 14.5. The SMILES string of the molecule is C/C(=C\CO[P+](O)(O)O[P+](O)(O)O)CS. The first-order valence-electron chi connectivity index (χ1n) is 3.70. The van der Waals surface area contributed by atoms with Gasteiger partial charge in [-0.2, -0.15) is 37.1 Å². The Kier molecular flexibility index (Phi) is 6.70. The standard InChI is InChI=1S/C5H13O7P2S/c1-5(4-15)2-3-11-14(9,10)12-13(6,7)8/h2,6-10H,3-4H2,1H3/q+1/p+1/b5-2+. The molecule has 0 aliphatic rings. The second kappa shape index (κ2) is 6.42. The fraction of sp³-hybridized carbons (Fsp3) is 0.600. The van der Waals surface area contributed by atoms with E-state index in [1.165, 1.54) is 6.08 Å². The second-order valence-corrected chi connectivity index (χ2v) is 5.83. The Morgan fingerprint density at radius 1 is 1.27 bits per heavy atom. The van der Waals surface area contributed by atoms with Gasteiger partial charge in [0.25, 0.3) is 0 Å². The zero-order valence-corrected chi connectivity index (χ0v) is 10.6. The number of thiol groups is 1. The van der Waals surface area contributed by atoms with Gasteiger partial charge in [-0.25, -0.2) is 0 Å². The number of rotatable bonds is 6. The van der Waals surface area contributed by atoms with Crippen LogP contribution < -0.4 is 0 Å². The van der Waals surface area contributed by atoms with Crippen LogP contribution in [-0.4, -0.2) is 36.8 Å². The lowest BCUT2D eigenvalue weighted by atomic mass is 10.3. The van der Waals surface area contributed by atoms with Crippen molar-refractivity contribution in [2.24, 2.45) is 0 Å². The van der Waals surface area contributed by atoms with Gasteiger partial charge in [-0.1, -0.05) is 11.6 Å². The van der Waals surface area contributed by atoms with Crippen LogP contribution in [0.2, 0.25) is 0 Å². The van der Waals surface area contributed by atoms with Crippen LogP contribution in [0.15, 0.2) is 11.6 Å². The molecule has 0 spiro atoms. The lowest BCUT2D eigenvalue weighted by molar-refractivity contribution is 0.144. The molecular formula is C5H14O7P2S+2. The van der Waals surface area contributed by atoms with Gasteiger partial charge in [-0.05, 0) is 6.92 Å². The molecule has 0 amide bonds. The molecule has 0 radical (unpaired) electrons. The molecule has 0 rings (SSSR count). The van der Waals surface area contributed by atoms with Gasteiger partial charge >= 0.3 is 16.3 Å². The molecule has 0 saturated heterocycles. The summed E-state index contributed by atoms with van der Waals surface area (Å²) in [7, 11) is -9.12. The summed E-state index contributed by atoms with van der Waals surface area (Å²) >= 11 is 3.94. The van der Waals surface area contributed by atoms with Crippen molar-refractivity contribution in [1.82, 2.24) is 0 Å². The van der Waals surface area contributed by atoms with Crippen LogP contribution in [0.1, 0.15) is 6.92 Å². The molecule has 0 aromatic carbocycles. The van der Waals surface area contributed by atoms with Crippen LogP contribution in [0.5, 0.6) is 0 Å². The maximum absolute atomic E-state index is 8.96. The Morgan fingerprint density at radius 2 is 1.80 bits per heavy atom. The summed E-state index contributed by atoms with van der Waals surface area (Å²) in [6, 6.07) is 0. The fourth-order valence-corrected chi connectivity index (χ4v) is 2.24. The predicted octanol–water partition coefficient (Wildman–Crippen LogP) is 0.212. The van der Waals surface area contributed by atoms with Crippen molar-refractivity contribution in [3.05, 3.63) is 11.6 Å². The van der Waals surface area contributed by atoms with Crippen LogP contribution in [0.4, 0.5) is 0 Å². The second-order valence-electron chi connectivity index (χ2n) is 2.59. The van der Waals surface area contributed by atoms with Crippen LogP contribution >= 0.6 is 29.0 Å². The molecule has 0 fully saturated rings. The van der Waals surface area contributed by atoms with E-state index in [4.69, 9.17) is 24.5 Å². The highest BCUT2D eigenvalue weighted by molar-refractivity contribution is 7.80. The molecule has 15 heavy (non-hydrogen) atoms. The summed E-state index contributed by atoms with van der Waals surface area (Å²) < 4.78 is 8.19. The van der Waals surface area contributed by atoms with Gasteiger partial charge in [-0.15, -0.1) is 4.52 Å². The summed E-state index contributed by atoms with van der Waals surface area (Å²) in [6.45, 7) is 1.54. The van der Waals surface area contributed by atoms with Gasteiger partial charge in [0.05, 0.1) is 4.31 Å². The molecule has 0 bridgehead atoms. The molecule has 0 heterocycles. The summed E-state index contributed by atoms with van der Waals surface area (Å²) in [5, 5.41) is 0. The maximum atomic E-state index is 8.96. The van der Waals surface area contributed by atoms with Crippen molar-refractivity contribution in [2.75, 3.05) is 12.4 Å². The van der Waals surface area contributed by atoms with E-state index in [0.29, 0.717) is 5.75 Å². The van der Waals surface area contributed by atoms with Crippen molar-refractivity contribution in [3.8, 4) is 0 Å². The van der Waals surface area contributed by atoms with Crippen molar-refractivity contribution in [3.63, 3.8) is 0 Å². The molecule has 0 unspecified atom stereocenters. The Bertz CT molecular complexity index is 226. The van der Waals surface area contributed by atoms with Gasteiger partial charge in [0.15, 0.2) is 0 Å². The largest absolute Gasteiger partial charge is 0.620 e. The summed E-state index contributed by atoms with van der Waals surface area (Å²) in [6.07, 6.45) is 1.50. The summed E-state index contributed by atoms with van der Waals surface area (Å²) in [4.78, 5) is 43.1. The highest BCUT2D eigenvalue weighted by Crippen LogP contribution is 2.67. The third-order valence-corrected chi connectivity index (χ3v) is 3.85. The first-order valence-corrected chi connectivity index (χ1v) is 7.43. The van der Waals surface area contributed by atoms with Crippen molar-refractivity contribution >= 4 is 29.0 Å². The van der Waals surface area contributed by atoms with Crippen LogP contribution in [0.3, 0.4) is 0 Å². The zero-order chi connectivity index (χ0) is 12.1. The van der Waals surface area contributed by atoms with Gasteiger partial charge in [0, 0.05) is 5.75 Å². The minimum atomic E-state index is -4.72. The van der Waals surface area contributed by atoms with Gasteiger partial charge in [0.2, 0.25) is 0 Å². The Morgan fingerprint density at radius 3 is 2.20 bits per heavy atom. The first-order chi connectivity index (χ1) is 6.66. The highest BCUT2D eigenvalue weighted by Gasteiger charge is 2.57. The van der Waals surface area contributed by atoms with Gasteiger partial charge in [-0.3, -0.25) is 0 Å². The van der Waals surface area contributed by atoms with E-state index in [9.17, 15) is 0 Å². The van der Waals surface area contributed by atoms with Crippen molar-refractivity contribution < 1.29 is 33.3 Å². The molecule has 7 nitrogen and oxygen atoms in total. The molecule has 0 saturated carbocycles. The summed E-state index contributed by atoms with van der Waals surface area (Å²) in [5.41, 5.74) is 0.830. The number of hydrogen-bond donors (Lipinski definition) is 6. The average molecular weight is 280 g/mol. The van der Waals surface area contributed by atoms with Crippen LogP contribution in [0, 0.1) is 0 Å². The van der Waals surface area contributed by atoms with Crippen molar-refractivity contribution in [2.45, 2.75) is 6.92 Å². The van der Waals surface area contributed by atoms with Crippen LogP contribution in [0.25, 0.3) is 0 Å².